The average Bonchev–Trinajstić information content (AvgIpc) is 3.12. The molecule has 0 spiro atoms. The molecule has 3 amide bonds. The maximum atomic E-state index is 13.7. The van der Waals surface area contributed by atoms with E-state index in [-0.39, 0.29) is 18.2 Å². The smallest absolute Gasteiger partial charge is 0.338 e. The number of aryl methyl sites for hydroxylation is 1. The molecule has 0 aliphatic rings. The van der Waals surface area contributed by atoms with E-state index in [0.29, 0.717) is 22.5 Å². The van der Waals surface area contributed by atoms with E-state index in [1.54, 1.807) is 79.7 Å². The molecule has 0 bridgehead atoms. The third kappa shape index (κ3) is 9.56. The summed E-state index contributed by atoms with van der Waals surface area (Å²) in [6, 6.07) is 39.3. The van der Waals surface area contributed by atoms with Crippen molar-refractivity contribution >= 4 is 52.9 Å². The van der Waals surface area contributed by atoms with Gasteiger partial charge in [0.15, 0.2) is 0 Å². The lowest BCUT2D eigenvalue weighted by Gasteiger charge is -2.18. The van der Waals surface area contributed by atoms with E-state index < -0.39 is 23.0 Å². The van der Waals surface area contributed by atoms with Crippen LogP contribution in [0, 0.1) is 6.92 Å². The van der Waals surface area contributed by atoms with Gasteiger partial charge in [-0.05, 0) is 91.2 Å². The van der Waals surface area contributed by atoms with Crippen molar-refractivity contribution in [3.63, 3.8) is 0 Å². The zero-order valence-corrected chi connectivity index (χ0v) is 27.8. The summed E-state index contributed by atoms with van der Waals surface area (Å²) in [4.78, 5) is 53.2. The van der Waals surface area contributed by atoms with Gasteiger partial charge >= 0.3 is 5.97 Å². The molecular weight excluding hydrogens is 635 g/mol. The van der Waals surface area contributed by atoms with Crippen molar-refractivity contribution < 1.29 is 23.9 Å². The van der Waals surface area contributed by atoms with E-state index in [2.05, 4.69) is 16.0 Å². The van der Waals surface area contributed by atoms with Crippen LogP contribution >= 0.6 is 11.8 Å². The third-order valence-electron chi connectivity index (χ3n) is 7.37. The quantitative estimate of drug-likeness (QED) is 0.0704. The number of carbonyl (C=O) groups excluding carboxylic acids is 4. The molecule has 0 aromatic heterocycles. The summed E-state index contributed by atoms with van der Waals surface area (Å²) in [6.07, 6.45) is 1.65. The number of esters is 1. The summed E-state index contributed by atoms with van der Waals surface area (Å²) in [6.45, 7) is 3.94. The van der Waals surface area contributed by atoms with Crippen molar-refractivity contribution in [1.82, 2.24) is 5.32 Å². The highest BCUT2D eigenvalue weighted by molar-refractivity contribution is 8.00. The van der Waals surface area contributed by atoms with Crippen molar-refractivity contribution in [2.75, 3.05) is 17.2 Å². The van der Waals surface area contributed by atoms with Crippen LogP contribution in [-0.4, -0.2) is 30.3 Å². The zero-order valence-electron chi connectivity index (χ0n) is 27.0. The second-order valence-electron chi connectivity index (χ2n) is 10.9. The number of amides is 3. The monoisotopic (exact) mass is 669 g/mol. The highest BCUT2D eigenvalue weighted by Gasteiger charge is 2.23. The van der Waals surface area contributed by atoms with Crippen LogP contribution in [0.15, 0.2) is 144 Å². The van der Waals surface area contributed by atoms with Crippen molar-refractivity contribution in [3.8, 4) is 0 Å². The second kappa shape index (κ2) is 16.8. The Hall–Kier alpha value is -5.93. The molecule has 1 atom stereocenters. The van der Waals surface area contributed by atoms with Gasteiger partial charge in [-0.25, -0.2) is 4.79 Å². The number of rotatable bonds is 12. The Bertz CT molecular complexity index is 1960. The molecule has 49 heavy (non-hydrogen) atoms. The highest BCUT2D eigenvalue weighted by atomic mass is 32.2. The van der Waals surface area contributed by atoms with Crippen LogP contribution in [0.2, 0.25) is 0 Å². The van der Waals surface area contributed by atoms with Gasteiger partial charge in [-0.1, -0.05) is 78.9 Å². The molecule has 0 fully saturated rings. The summed E-state index contributed by atoms with van der Waals surface area (Å²) in [7, 11) is 0. The van der Waals surface area contributed by atoms with Gasteiger partial charge in [-0.15, -0.1) is 11.8 Å². The van der Waals surface area contributed by atoms with E-state index in [9.17, 15) is 19.2 Å². The maximum Gasteiger partial charge on any atom is 0.338 e. The first-order valence-electron chi connectivity index (χ1n) is 15.7. The molecule has 0 heterocycles. The molecule has 5 aromatic rings. The van der Waals surface area contributed by atoms with Gasteiger partial charge in [-0.3, -0.25) is 14.4 Å². The largest absolute Gasteiger partial charge is 0.462 e. The summed E-state index contributed by atoms with van der Waals surface area (Å²) in [5.41, 5.74) is 4.44. The standard InChI is InChI=1S/C40H35N3O5S/c1-3-48-40(47)30-21-23-32(24-22-30)41-39(46)36(28-14-6-4-7-15-28)49-34-20-12-19-33(26-34)42-38(45)35(25-31-18-11-10-13-27(31)2)43-37(44)29-16-8-5-9-17-29/h4-26,36H,3H2,1-2H3,(H,41,46)(H,42,45)(H,43,44)/b35-25-. The van der Waals surface area contributed by atoms with Crippen molar-refractivity contribution in [3.05, 3.63) is 167 Å². The number of ether oxygens (including phenoxy) is 1. The first kappa shape index (κ1) is 34.4. The van der Waals surface area contributed by atoms with Gasteiger partial charge in [0.1, 0.15) is 10.9 Å². The minimum Gasteiger partial charge on any atom is -0.462 e. The number of anilines is 2. The molecule has 5 rings (SSSR count). The Kier molecular flexibility index (Phi) is 11.8. The summed E-state index contributed by atoms with van der Waals surface area (Å²) in [5.74, 6) is -1.60. The topological polar surface area (TPSA) is 114 Å². The zero-order chi connectivity index (χ0) is 34.6. The van der Waals surface area contributed by atoms with E-state index in [1.807, 2.05) is 73.7 Å². The molecule has 8 nitrogen and oxygen atoms in total. The second-order valence-corrected chi connectivity index (χ2v) is 12.1. The lowest BCUT2D eigenvalue weighted by molar-refractivity contribution is -0.116. The minimum atomic E-state index is -0.640. The maximum absolute atomic E-state index is 13.7. The Morgan fingerprint density at radius 1 is 0.714 bits per heavy atom. The number of thioether (sulfide) groups is 1. The van der Waals surface area contributed by atoms with Crippen LogP contribution in [0.5, 0.6) is 0 Å². The Morgan fingerprint density at radius 2 is 1.39 bits per heavy atom. The molecule has 0 radical (unpaired) electrons. The fourth-order valence-electron chi connectivity index (χ4n) is 4.84. The summed E-state index contributed by atoms with van der Waals surface area (Å²) >= 11 is 1.32. The van der Waals surface area contributed by atoms with Crippen molar-refractivity contribution in [1.29, 1.82) is 0 Å². The molecule has 0 aliphatic heterocycles. The average molecular weight is 670 g/mol. The molecule has 246 valence electrons. The van der Waals surface area contributed by atoms with Gasteiger partial charge < -0.3 is 20.7 Å². The SMILES string of the molecule is CCOC(=O)c1ccc(NC(=O)C(Sc2cccc(NC(=O)/C(=C/c3ccccc3C)NC(=O)c3ccccc3)c2)c2ccccc2)cc1. The highest BCUT2D eigenvalue weighted by Crippen LogP contribution is 2.37. The first-order chi connectivity index (χ1) is 23.8. The number of nitrogens with one attached hydrogen (secondary N) is 3. The van der Waals surface area contributed by atoms with Crippen LogP contribution < -0.4 is 16.0 Å². The van der Waals surface area contributed by atoms with E-state index >= 15 is 0 Å². The lowest BCUT2D eigenvalue weighted by atomic mass is 10.1. The molecule has 5 aromatic carbocycles. The van der Waals surface area contributed by atoms with Crippen LogP contribution in [0.3, 0.4) is 0 Å². The van der Waals surface area contributed by atoms with E-state index in [1.165, 1.54) is 11.8 Å². The Balaban J connectivity index is 1.35. The molecule has 3 N–H and O–H groups in total. The van der Waals surface area contributed by atoms with Gasteiger partial charge in [0.05, 0.1) is 12.2 Å². The first-order valence-corrected chi connectivity index (χ1v) is 16.5. The van der Waals surface area contributed by atoms with Crippen molar-refractivity contribution in [2.45, 2.75) is 24.0 Å². The predicted molar refractivity (Wildman–Crippen MR) is 194 cm³/mol. The number of carbonyl (C=O) groups is 4. The molecule has 9 heteroatoms. The molecule has 0 saturated heterocycles. The van der Waals surface area contributed by atoms with E-state index in [0.717, 1.165) is 21.6 Å². The number of benzene rings is 5. The molecule has 0 saturated carbocycles. The van der Waals surface area contributed by atoms with Gasteiger partial charge in [0, 0.05) is 21.8 Å². The van der Waals surface area contributed by atoms with E-state index in [4.69, 9.17) is 4.74 Å². The number of hydrogen-bond acceptors (Lipinski definition) is 6. The minimum absolute atomic E-state index is 0.0803. The van der Waals surface area contributed by atoms with Crippen LogP contribution in [0.25, 0.3) is 6.08 Å². The predicted octanol–water partition coefficient (Wildman–Crippen LogP) is 8.05. The molecule has 0 aliphatic carbocycles. The summed E-state index contributed by atoms with van der Waals surface area (Å²) < 4.78 is 5.05. The van der Waals surface area contributed by atoms with Gasteiger partial charge in [0.2, 0.25) is 5.91 Å². The summed E-state index contributed by atoms with van der Waals surface area (Å²) in [5, 5.41) is 8.00. The van der Waals surface area contributed by atoms with Crippen molar-refractivity contribution in [2.24, 2.45) is 0 Å². The lowest BCUT2D eigenvalue weighted by Crippen LogP contribution is -2.30. The van der Waals surface area contributed by atoms with Crippen LogP contribution in [0.4, 0.5) is 11.4 Å². The third-order valence-corrected chi connectivity index (χ3v) is 8.62. The normalized spacial score (nSPS) is 11.6. The van der Waals surface area contributed by atoms with Crippen LogP contribution in [-0.2, 0) is 14.3 Å². The fourth-order valence-corrected chi connectivity index (χ4v) is 5.92. The van der Waals surface area contributed by atoms with Gasteiger partial charge in [0.25, 0.3) is 11.8 Å². The Labute approximate surface area is 289 Å². The molecular formula is C40H35N3O5S. The van der Waals surface area contributed by atoms with Crippen LogP contribution in [0.1, 0.15) is 49.6 Å². The van der Waals surface area contributed by atoms with Gasteiger partial charge in [-0.2, -0.15) is 0 Å². The Morgan fingerprint density at radius 3 is 2.08 bits per heavy atom. The number of hydrogen-bond donors (Lipinski definition) is 3. The fraction of sp³-hybridized carbons (Fsp3) is 0.100. The molecule has 1 unspecified atom stereocenters.